The van der Waals surface area contributed by atoms with E-state index >= 15 is 0 Å². The minimum atomic E-state index is 0.170. The minimum absolute atomic E-state index is 0.170. The van der Waals surface area contributed by atoms with Crippen molar-refractivity contribution in [1.82, 2.24) is 19.6 Å². The van der Waals surface area contributed by atoms with Gasteiger partial charge in [0.2, 0.25) is 5.88 Å². The zero-order valence-corrected chi connectivity index (χ0v) is 12.5. The first-order valence-corrected chi connectivity index (χ1v) is 6.82. The average molecular weight is 262 g/mol. The van der Waals surface area contributed by atoms with Gasteiger partial charge in [-0.15, -0.1) is 5.10 Å². The largest absolute Gasteiger partial charge is 0.493 e. The van der Waals surface area contributed by atoms with Crippen LogP contribution >= 0.6 is 0 Å². The Labute approximate surface area is 113 Å². The summed E-state index contributed by atoms with van der Waals surface area (Å²) in [5.41, 5.74) is 1.77. The maximum atomic E-state index is 10.5. The lowest BCUT2D eigenvalue weighted by Gasteiger charge is -2.16. The van der Waals surface area contributed by atoms with Gasteiger partial charge in [-0.2, -0.15) is 9.50 Å². The Bertz CT molecular complexity index is 599. The first kappa shape index (κ1) is 13.8. The first-order valence-electron chi connectivity index (χ1n) is 6.82. The van der Waals surface area contributed by atoms with Crippen LogP contribution < -0.4 is 0 Å². The van der Waals surface area contributed by atoms with E-state index in [1.807, 2.05) is 13.8 Å². The van der Waals surface area contributed by atoms with E-state index < -0.39 is 0 Å². The molecule has 0 radical (unpaired) electrons. The zero-order valence-electron chi connectivity index (χ0n) is 12.5. The standard InChI is InChI=1S/C14H22N4O/c1-7(2)10-11(8(3)4)15-14-16-12(9(5)6)17-18(14)13(10)19/h7-9,19H,1-6H3. The molecule has 0 fully saturated rings. The average Bonchev–Trinajstić information content (AvgIpc) is 2.72. The number of nitrogens with zero attached hydrogens (tertiary/aromatic N) is 4. The Morgan fingerprint density at radius 2 is 1.53 bits per heavy atom. The minimum Gasteiger partial charge on any atom is -0.493 e. The quantitative estimate of drug-likeness (QED) is 0.922. The van der Waals surface area contributed by atoms with Crippen molar-refractivity contribution in [3.05, 3.63) is 17.1 Å². The Morgan fingerprint density at radius 3 is 2.00 bits per heavy atom. The molecule has 0 saturated carbocycles. The Kier molecular flexibility index (Phi) is 3.47. The third-order valence-electron chi connectivity index (χ3n) is 3.19. The normalized spacial score (nSPS) is 12.3. The van der Waals surface area contributed by atoms with Crippen molar-refractivity contribution in [2.45, 2.75) is 59.3 Å². The molecular formula is C14H22N4O. The molecule has 0 aliphatic rings. The maximum Gasteiger partial charge on any atom is 0.255 e. The molecule has 2 aromatic rings. The highest BCUT2D eigenvalue weighted by Crippen LogP contribution is 2.32. The van der Waals surface area contributed by atoms with Gasteiger partial charge < -0.3 is 5.11 Å². The zero-order chi connectivity index (χ0) is 14.3. The van der Waals surface area contributed by atoms with Gasteiger partial charge in [0.05, 0.1) is 5.69 Å². The summed E-state index contributed by atoms with van der Waals surface area (Å²) in [7, 11) is 0. The van der Waals surface area contributed by atoms with Crippen LogP contribution in [0.25, 0.3) is 5.78 Å². The predicted octanol–water partition coefficient (Wildman–Crippen LogP) is 3.20. The van der Waals surface area contributed by atoms with Crippen LogP contribution in [-0.2, 0) is 0 Å². The number of aromatic nitrogens is 4. The van der Waals surface area contributed by atoms with Crippen molar-refractivity contribution in [2.24, 2.45) is 0 Å². The van der Waals surface area contributed by atoms with Crippen molar-refractivity contribution >= 4 is 5.78 Å². The van der Waals surface area contributed by atoms with Crippen LogP contribution in [0.1, 0.15) is 76.4 Å². The molecule has 104 valence electrons. The fraction of sp³-hybridized carbons (Fsp3) is 0.643. The number of fused-ring (bicyclic) bond motifs is 1. The summed E-state index contributed by atoms with van der Waals surface area (Å²) >= 11 is 0. The molecule has 0 aromatic carbocycles. The summed E-state index contributed by atoms with van der Waals surface area (Å²) < 4.78 is 1.45. The molecule has 1 N–H and O–H groups in total. The highest BCUT2D eigenvalue weighted by atomic mass is 16.3. The summed E-state index contributed by atoms with van der Waals surface area (Å²) in [5.74, 6) is 2.01. The van der Waals surface area contributed by atoms with Gasteiger partial charge in [-0.1, -0.05) is 41.5 Å². The molecule has 19 heavy (non-hydrogen) atoms. The van der Waals surface area contributed by atoms with Gasteiger partial charge in [0, 0.05) is 11.5 Å². The second kappa shape index (κ2) is 4.79. The molecule has 0 aliphatic heterocycles. The highest BCUT2D eigenvalue weighted by molar-refractivity contribution is 5.43. The van der Waals surface area contributed by atoms with Crippen LogP contribution in [0, 0.1) is 0 Å². The Hall–Kier alpha value is -1.65. The van der Waals surface area contributed by atoms with Crippen LogP contribution in [0.15, 0.2) is 0 Å². The van der Waals surface area contributed by atoms with Crippen molar-refractivity contribution in [2.75, 3.05) is 0 Å². The lowest BCUT2D eigenvalue weighted by molar-refractivity contribution is 0.420. The van der Waals surface area contributed by atoms with E-state index in [1.54, 1.807) is 0 Å². The molecule has 0 bridgehead atoms. The molecule has 2 rings (SSSR count). The van der Waals surface area contributed by atoms with E-state index in [0.717, 1.165) is 11.3 Å². The van der Waals surface area contributed by atoms with E-state index in [1.165, 1.54) is 4.52 Å². The Balaban J connectivity index is 2.77. The summed E-state index contributed by atoms with van der Waals surface area (Å²) in [4.78, 5) is 8.99. The second-order valence-electron chi connectivity index (χ2n) is 5.88. The Morgan fingerprint density at radius 1 is 0.895 bits per heavy atom. The van der Waals surface area contributed by atoms with Crippen molar-refractivity contribution in [3.63, 3.8) is 0 Å². The lowest BCUT2D eigenvalue weighted by atomic mass is 9.96. The van der Waals surface area contributed by atoms with Crippen LogP contribution in [0.5, 0.6) is 5.88 Å². The summed E-state index contributed by atoms with van der Waals surface area (Å²) in [6.45, 7) is 12.3. The lowest BCUT2D eigenvalue weighted by Crippen LogP contribution is -2.07. The molecule has 0 amide bonds. The number of hydrogen-bond donors (Lipinski definition) is 1. The van der Waals surface area contributed by atoms with E-state index in [-0.39, 0.29) is 23.6 Å². The van der Waals surface area contributed by atoms with E-state index in [0.29, 0.717) is 11.6 Å². The van der Waals surface area contributed by atoms with Gasteiger partial charge in [0.25, 0.3) is 5.78 Å². The van der Waals surface area contributed by atoms with Crippen LogP contribution in [-0.4, -0.2) is 24.7 Å². The molecule has 0 saturated heterocycles. The van der Waals surface area contributed by atoms with E-state index in [9.17, 15) is 5.11 Å². The van der Waals surface area contributed by atoms with Crippen molar-refractivity contribution in [3.8, 4) is 5.88 Å². The van der Waals surface area contributed by atoms with Gasteiger partial charge in [-0.25, -0.2) is 4.98 Å². The SMILES string of the molecule is CC(C)c1nc2nc(C(C)C)c(C(C)C)c(O)n2n1. The predicted molar refractivity (Wildman–Crippen MR) is 74.7 cm³/mol. The molecule has 2 heterocycles. The molecular weight excluding hydrogens is 240 g/mol. The van der Waals surface area contributed by atoms with Crippen molar-refractivity contribution < 1.29 is 5.11 Å². The third-order valence-corrected chi connectivity index (χ3v) is 3.19. The first-order chi connectivity index (χ1) is 8.82. The fourth-order valence-electron chi connectivity index (χ4n) is 2.17. The summed E-state index contributed by atoms with van der Waals surface area (Å²) in [5, 5.41) is 14.8. The van der Waals surface area contributed by atoms with Crippen LogP contribution in [0.2, 0.25) is 0 Å². The van der Waals surface area contributed by atoms with Gasteiger partial charge in [0.1, 0.15) is 0 Å². The molecule has 0 aliphatic carbocycles. The summed E-state index contributed by atoms with van der Waals surface area (Å²) in [6, 6.07) is 0. The monoisotopic (exact) mass is 262 g/mol. The van der Waals surface area contributed by atoms with E-state index in [4.69, 9.17) is 0 Å². The third kappa shape index (κ3) is 2.29. The highest BCUT2D eigenvalue weighted by Gasteiger charge is 2.22. The van der Waals surface area contributed by atoms with Crippen molar-refractivity contribution in [1.29, 1.82) is 0 Å². The summed E-state index contributed by atoms with van der Waals surface area (Å²) in [6.07, 6.45) is 0. The maximum absolute atomic E-state index is 10.5. The van der Waals surface area contributed by atoms with Crippen LogP contribution in [0.4, 0.5) is 0 Å². The molecule has 0 spiro atoms. The van der Waals surface area contributed by atoms with Gasteiger partial charge in [-0.05, 0) is 11.8 Å². The fourth-order valence-corrected chi connectivity index (χ4v) is 2.17. The number of aromatic hydroxyl groups is 1. The molecule has 0 unspecified atom stereocenters. The van der Waals surface area contributed by atoms with Gasteiger partial charge >= 0.3 is 0 Å². The van der Waals surface area contributed by atoms with Crippen LogP contribution in [0.3, 0.4) is 0 Å². The molecule has 0 atom stereocenters. The topological polar surface area (TPSA) is 63.3 Å². The molecule has 5 heteroatoms. The molecule has 2 aromatic heterocycles. The number of hydrogen-bond acceptors (Lipinski definition) is 4. The van der Waals surface area contributed by atoms with Gasteiger partial charge in [0.15, 0.2) is 5.82 Å². The molecule has 5 nitrogen and oxygen atoms in total. The van der Waals surface area contributed by atoms with Gasteiger partial charge in [-0.3, -0.25) is 0 Å². The second-order valence-corrected chi connectivity index (χ2v) is 5.88. The van der Waals surface area contributed by atoms with E-state index in [2.05, 4.69) is 42.8 Å². The smallest absolute Gasteiger partial charge is 0.255 e. The number of rotatable bonds is 3.